The second kappa shape index (κ2) is 7.06. The van der Waals surface area contributed by atoms with Gasteiger partial charge in [-0.3, -0.25) is 0 Å². The summed E-state index contributed by atoms with van der Waals surface area (Å²) in [5.74, 6) is -2.00. The summed E-state index contributed by atoms with van der Waals surface area (Å²) in [6.07, 6.45) is -3.62. The van der Waals surface area contributed by atoms with Crippen molar-refractivity contribution in [1.29, 1.82) is 0 Å². The molecule has 0 bridgehead atoms. The van der Waals surface area contributed by atoms with Gasteiger partial charge in [0.15, 0.2) is 0 Å². The van der Waals surface area contributed by atoms with E-state index in [0.717, 1.165) is 12.1 Å². The minimum atomic E-state index is -4.53. The molecule has 0 aliphatic rings. The molecule has 21 heavy (non-hydrogen) atoms. The molecule has 0 fully saturated rings. The fourth-order valence-corrected chi connectivity index (χ4v) is 2.05. The first kappa shape index (κ1) is 17.7. The number of rotatable bonds is 6. The Bertz CT molecular complexity index is 450. The molecule has 0 amide bonds. The molecule has 2 nitrogen and oxygen atoms in total. The molecule has 7 heteroatoms. The minimum absolute atomic E-state index is 0.152. The van der Waals surface area contributed by atoms with Crippen LogP contribution in [0.4, 0.5) is 27.6 Å². The molecule has 0 aromatic heterocycles. The molecule has 1 atom stereocenters. The smallest absolute Gasteiger partial charge is 0.358 e. The molecule has 0 aliphatic heterocycles. The van der Waals surface area contributed by atoms with Crippen molar-refractivity contribution in [2.45, 2.75) is 38.9 Å². The number of halogens is 5. The third kappa shape index (κ3) is 5.15. The fourth-order valence-electron chi connectivity index (χ4n) is 2.05. The molecule has 1 unspecified atom stereocenters. The maximum absolute atomic E-state index is 14.0. The predicted octanol–water partition coefficient (Wildman–Crippen LogP) is 3.63. The molecular weight excluding hydrogens is 291 g/mol. The number of benzene rings is 1. The van der Waals surface area contributed by atoms with Gasteiger partial charge in [0, 0.05) is 12.6 Å². The third-order valence-corrected chi connectivity index (χ3v) is 3.17. The number of hydrogen-bond acceptors (Lipinski definition) is 2. The number of nitrogens with zero attached hydrogens (tertiary/aromatic N) is 1. The lowest BCUT2D eigenvalue weighted by Gasteiger charge is -2.25. The Morgan fingerprint density at radius 1 is 1.14 bits per heavy atom. The van der Waals surface area contributed by atoms with Gasteiger partial charge in [0.2, 0.25) is 0 Å². The van der Waals surface area contributed by atoms with E-state index in [2.05, 4.69) is 0 Å². The van der Waals surface area contributed by atoms with E-state index >= 15 is 0 Å². The predicted molar refractivity (Wildman–Crippen MR) is 72.3 cm³/mol. The maximum atomic E-state index is 14.0. The summed E-state index contributed by atoms with van der Waals surface area (Å²) in [5, 5.41) is 0. The normalized spacial score (nSPS) is 13.3. The Morgan fingerprint density at radius 2 is 1.67 bits per heavy atom. The molecule has 0 radical (unpaired) electrons. The van der Waals surface area contributed by atoms with Crippen molar-refractivity contribution in [1.82, 2.24) is 0 Å². The fraction of sp³-hybridized carbons (Fsp3) is 0.571. The average molecular weight is 310 g/mol. The standard InChI is InChI=1S/C14H19F5N2/c1-3-10(20)5-9-6-11(15)13(12(16)7-9)21(4-2)8-14(17,18)19/h6-7,10H,3-5,8,20H2,1-2H3. The lowest BCUT2D eigenvalue weighted by atomic mass is 10.0. The van der Waals surface area contributed by atoms with Crippen LogP contribution in [0, 0.1) is 11.6 Å². The van der Waals surface area contributed by atoms with Gasteiger partial charge in [0.1, 0.15) is 23.9 Å². The van der Waals surface area contributed by atoms with Crippen LogP contribution in [0.25, 0.3) is 0 Å². The summed E-state index contributed by atoms with van der Waals surface area (Å²) in [7, 11) is 0. The van der Waals surface area contributed by atoms with Crippen molar-refractivity contribution >= 4 is 5.69 Å². The Morgan fingerprint density at radius 3 is 2.05 bits per heavy atom. The van der Waals surface area contributed by atoms with Crippen molar-refractivity contribution in [3.8, 4) is 0 Å². The van der Waals surface area contributed by atoms with Crippen molar-refractivity contribution in [2.24, 2.45) is 5.73 Å². The van der Waals surface area contributed by atoms with E-state index in [-0.39, 0.29) is 19.0 Å². The monoisotopic (exact) mass is 310 g/mol. The van der Waals surface area contributed by atoms with E-state index in [1.54, 1.807) is 0 Å². The first-order valence-corrected chi connectivity index (χ1v) is 6.73. The second-order valence-electron chi connectivity index (χ2n) is 4.91. The van der Waals surface area contributed by atoms with Gasteiger partial charge in [-0.25, -0.2) is 8.78 Å². The summed E-state index contributed by atoms with van der Waals surface area (Å²) in [6.45, 7) is 1.70. The molecule has 2 N–H and O–H groups in total. The first-order valence-electron chi connectivity index (χ1n) is 6.73. The topological polar surface area (TPSA) is 29.3 Å². The lowest BCUT2D eigenvalue weighted by Crippen LogP contribution is -2.35. The minimum Gasteiger partial charge on any atom is -0.358 e. The number of anilines is 1. The van der Waals surface area contributed by atoms with Crippen LogP contribution in [0.3, 0.4) is 0 Å². The highest BCUT2D eigenvalue weighted by atomic mass is 19.4. The quantitative estimate of drug-likeness (QED) is 0.813. The van der Waals surface area contributed by atoms with Crippen LogP contribution in [0.2, 0.25) is 0 Å². The number of alkyl halides is 3. The summed E-state index contributed by atoms with van der Waals surface area (Å²) < 4.78 is 65.3. The van der Waals surface area contributed by atoms with E-state index in [1.807, 2.05) is 6.92 Å². The zero-order valence-electron chi connectivity index (χ0n) is 12.0. The van der Waals surface area contributed by atoms with E-state index in [9.17, 15) is 22.0 Å². The van der Waals surface area contributed by atoms with Gasteiger partial charge < -0.3 is 10.6 Å². The summed E-state index contributed by atoms with van der Waals surface area (Å²) in [5.41, 5.74) is 5.40. The largest absolute Gasteiger partial charge is 0.405 e. The number of hydrogen-bond donors (Lipinski definition) is 1. The zero-order chi connectivity index (χ0) is 16.2. The Balaban J connectivity index is 3.08. The lowest BCUT2D eigenvalue weighted by molar-refractivity contribution is -0.119. The number of nitrogens with two attached hydrogens (primary N) is 1. The van der Waals surface area contributed by atoms with Crippen LogP contribution in [0.5, 0.6) is 0 Å². The first-order chi connectivity index (χ1) is 9.67. The van der Waals surface area contributed by atoms with Gasteiger partial charge >= 0.3 is 6.18 Å². The van der Waals surface area contributed by atoms with Crippen LogP contribution < -0.4 is 10.6 Å². The van der Waals surface area contributed by atoms with Gasteiger partial charge in [-0.05, 0) is 37.5 Å². The van der Waals surface area contributed by atoms with Gasteiger partial charge in [-0.15, -0.1) is 0 Å². The van der Waals surface area contributed by atoms with Gasteiger partial charge in [0.05, 0.1) is 0 Å². The third-order valence-electron chi connectivity index (χ3n) is 3.17. The van der Waals surface area contributed by atoms with Crippen LogP contribution in [0.1, 0.15) is 25.8 Å². The van der Waals surface area contributed by atoms with Gasteiger partial charge in [-0.1, -0.05) is 6.92 Å². The van der Waals surface area contributed by atoms with Crippen molar-refractivity contribution < 1.29 is 22.0 Å². The van der Waals surface area contributed by atoms with E-state index in [1.165, 1.54) is 6.92 Å². The summed E-state index contributed by atoms with van der Waals surface area (Å²) in [4.78, 5) is 0.633. The molecule has 1 aromatic carbocycles. The van der Waals surface area contributed by atoms with Gasteiger partial charge in [0.25, 0.3) is 0 Å². The molecule has 1 aromatic rings. The van der Waals surface area contributed by atoms with E-state index in [4.69, 9.17) is 5.73 Å². The van der Waals surface area contributed by atoms with E-state index < -0.39 is 30.0 Å². The Hall–Kier alpha value is -1.37. The van der Waals surface area contributed by atoms with Crippen molar-refractivity contribution in [2.75, 3.05) is 18.0 Å². The molecule has 0 spiro atoms. The highest BCUT2D eigenvalue weighted by Crippen LogP contribution is 2.28. The van der Waals surface area contributed by atoms with Crippen LogP contribution in [0.15, 0.2) is 12.1 Å². The van der Waals surface area contributed by atoms with Crippen LogP contribution >= 0.6 is 0 Å². The van der Waals surface area contributed by atoms with Crippen LogP contribution in [-0.4, -0.2) is 25.3 Å². The van der Waals surface area contributed by atoms with Gasteiger partial charge in [-0.2, -0.15) is 13.2 Å². The Kier molecular flexibility index (Phi) is 5.95. The molecule has 0 aliphatic carbocycles. The summed E-state index contributed by atoms with van der Waals surface area (Å²) >= 11 is 0. The SMILES string of the molecule is CCC(N)Cc1cc(F)c(N(CC)CC(F)(F)F)c(F)c1. The van der Waals surface area contributed by atoms with Crippen LogP contribution in [-0.2, 0) is 6.42 Å². The highest BCUT2D eigenvalue weighted by Gasteiger charge is 2.32. The molecule has 1 rings (SSSR count). The average Bonchev–Trinajstić information content (AvgIpc) is 2.34. The summed E-state index contributed by atoms with van der Waals surface area (Å²) in [6, 6.07) is 1.85. The maximum Gasteiger partial charge on any atom is 0.405 e. The molecular formula is C14H19F5N2. The van der Waals surface area contributed by atoms with E-state index in [0.29, 0.717) is 16.9 Å². The molecule has 0 heterocycles. The second-order valence-corrected chi connectivity index (χ2v) is 4.91. The van der Waals surface area contributed by atoms with Crippen molar-refractivity contribution in [3.05, 3.63) is 29.3 Å². The molecule has 0 saturated heterocycles. The highest BCUT2D eigenvalue weighted by molar-refractivity contribution is 5.51. The molecule has 0 saturated carbocycles. The van der Waals surface area contributed by atoms with Crippen molar-refractivity contribution in [3.63, 3.8) is 0 Å². The Labute approximate surface area is 120 Å². The molecule has 120 valence electrons. The zero-order valence-corrected chi connectivity index (χ0v) is 12.0.